The molecule has 3 spiro atoms. The number of aromatic nitrogens is 3. The molecule has 5 aliphatic rings. The van der Waals surface area contributed by atoms with Crippen molar-refractivity contribution in [3.05, 3.63) is 94.1 Å². The van der Waals surface area contributed by atoms with Crippen LogP contribution in [0.15, 0.2) is 60.8 Å². The average molecular weight is 738 g/mol. The quantitative estimate of drug-likeness (QED) is 0.175. The Kier molecular flexibility index (Phi) is 8.40. The summed E-state index contributed by atoms with van der Waals surface area (Å²) >= 11 is 7.10. The minimum Gasteiger partial charge on any atom is -0.438 e. The number of hydrogen-bond donors (Lipinski definition) is 3. The summed E-state index contributed by atoms with van der Waals surface area (Å²) in [5, 5.41) is 15.2. The van der Waals surface area contributed by atoms with E-state index in [2.05, 4.69) is 37.0 Å². The largest absolute Gasteiger partial charge is 0.438 e. The van der Waals surface area contributed by atoms with Crippen molar-refractivity contribution in [2.75, 3.05) is 13.1 Å². The first-order valence-electron chi connectivity index (χ1n) is 18.9. The van der Waals surface area contributed by atoms with Gasteiger partial charge in [-0.15, -0.1) is 0 Å². The van der Waals surface area contributed by atoms with E-state index in [1.165, 1.54) is 31.7 Å². The normalized spacial score (nSPS) is 25.0. The highest BCUT2D eigenvalue weighted by Gasteiger charge is 2.58. The number of ether oxygens (including phenoxy) is 1. The van der Waals surface area contributed by atoms with Gasteiger partial charge in [-0.05, 0) is 106 Å². The fraction of sp³-hybridized carbons (Fsp3) is 0.463. The second-order valence-corrected chi connectivity index (χ2v) is 16.8. The second-order valence-electron chi connectivity index (χ2n) is 16.4. The summed E-state index contributed by atoms with van der Waals surface area (Å²) in [5.41, 5.74) is 4.82. The monoisotopic (exact) mass is 737 g/mol. The van der Waals surface area contributed by atoms with Gasteiger partial charge < -0.3 is 20.7 Å². The maximum absolute atomic E-state index is 14.5. The number of halogens is 2. The number of pyridine rings is 1. The molecule has 53 heavy (non-hydrogen) atoms. The Hall–Kier alpha value is -4.32. The van der Waals surface area contributed by atoms with E-state index in [1.54, 1.807) is 16.8 Å². The van der Waals surface area contributed by atoms with Crippen molar-refractivity contribution >= 4 is 23.4 Å². The van der Waals surface area contributed by atoms with Gasteiger partial charge in [-0.3, -0.25) is 19.2 Å². The standard InChI is InChI=1S/C41H45ClFN7O3/c1-25-17-33(47-49(25)2)37(52)45-29-9-11-39(12-10-29)20-34(39)46-36(51)32-19-28(43)21-44-38(32)53-30-7-3-5-26(18-30)31-8-4-6-27(35(31)42)22-50-23-40(13-14-40)48-41(24-50)15-16-41/h3-8,17-19,21,29,34,48H,9-16,20,22-24H2,1-2H3,(H,45,52)(H,46,51). The van der Waals surface area contributed by atoms with E-state index in [9.17, 15) is 14.0 Å². The van der Waals surface area contributed by atoms with Gasteiger partial charge in [0.2, 0.25) is 5.88 Å². The molecule has 3 N–H and O–H groups in total. The van der Waals surface area contributed by atoms with Gasteiger partial charge in [-0.2, -0.15) is 5.10 Å². The number of nitrogens with zero attached hydrogens (tertiary/aromatic N) is 4. The zero-order valence-electron chi connectivity index (χ0n) is 30.2. The Morgan fingerprint density at radius 3 is 2.42 bits per heavy atom. The summed E-state index contributed by atoms with van der Waals surface area (Å²) in [7, 11) is 1.82. The van der Waals surface area contributed by atoms with E-state index < -0.39 is 11.7 Å². The van der Waals surface area contributed by atoms with Crippen LogP contribution in [0.5, 0.6) is 11.6 Å². The van der Waals surface area contributed by atoms with Crippen LogP contribution in [0.1, 0.15) is 89.9 Å². The van der Waals surface area contributed by atoms with Gasteiger partial charge in [0.15, 0.2) is 0 Å². The Labute approximate surface area is 313 Å². The molecule has 276 valence electrons. The molecule has 9 rings (SSSR count). The highest BCUT2D eigenvalue weighted by Crippen LogP contribution is 2.56. The van der Waals surface area contributed by atoms with Crippen molar-refractivity contribution < 1.29 is 18.7 Å². The number of hydrogen-bond acceptors (Lipinski definition) is 7. The van der Waals surface area contributed by atoms with Crippen LogP contribution in [-0.2, 0) is 13.6 Å². The van der Waals surface area contributed by atoms with Gasteiger partial charge in [0.25, 0.3) is 11.8 Å². The fourth-order valence-corrected chi connectivity index (χ4v) is 9.11. The van der Waals surface area contributed by atoms with Crippen molar-refractivity contribution in [3.63, 3.8) is 0 Å². The maximum Gasteiger partial charge on any atom is 0.272 e. The van der Waals surface area contributed by atoms with Crippen LogP contribution < -0.4 is 20.7 Å². The predicted octanol–water partition coefficient (Wildman–Crippen LogP) is 6.71. The highest BCUT2D eigenvalue weighted by molar-refractivity contribution is 6.34. The minimum atomic E-state index is -0.616. The van der Waals surface area contributed by atoms with Crippen LogP contribution in [0, 0.1) is 18.2 Å². The molecule has 1 aliphatic heterocycles. The minimum absolute atomic E-state index is 0.0219. The lowest BCUT2D eigenvalue weighted by molar-refractivity contribution is 0.0911. The summed E-state index contributed by atoms with van der Waals surface area (Å²) in [6, 6.07) is 16.7. The van der Waals surface area contributed by atoms with Gasteiger partial charge in [0, 0.05) is 61.1 Å². The van der Waals surface area contributed by atoms with E-state index in [-0.39, 0.29) is 45.9 Å². The Morgan fingerprint density at radius 2 is 1.72 bits per heavy atom. The smallest absolute Gasteiger partial charge is 0.272 e. The van der Waals surface area contributed by atoms with Gasteiger partial charge in [0.05, 0.1) is 11.2 Å². The number of nitrogens with one attached hydrogen (secondary N) is 3. The van der Waals surface area contributed by atoms with Crippen LogP contribution in [0.25, 0.3) is 11.1 Å². The van der Waals surface area contributed by atoms with Crippen molar-refractivity contribution in [2.24, 2.45) is 12.5 Å². The molecule has 4 saturated carbocycles. The number of amides is 2. The molecule has 4 aromatic rings. The third-order valence-corrected chi connectivity index (χ3v) is 12.8. The molecule has 2 aromatic carbocycles. The molecule has 3 heterocycles. The first kappa shape index (κ1) is 34.4. The molecule has 1 saturated heterocycles. The summed E-state index contributed by atoms with van der Waals surface area (Å²) in [6.07, 6.45) is 10.3. The Balaban J connectivity index is 0.844. The van der Waals surface area contributed by atoms with Crippen LogP contribution in [-0.4, -0.2) is 67.7 Å². The first-order chi connectivity index (χ1) is 25.5. The lowest BCUT2D eigenvalue weighted by Gasteiger charge is -2.40. The molecule has 1 atom stereocenters. The highest BCUT2D eigenvalue weighted by atomic mass is 35.5. The zero-order chi connectivity index (χ0) is 36.5. The first-order valence-corrected chi connectivity index (χ1v) is 19.2. The van der Waals surface area contributed by atoms with E-state index in [0.717, 1.165) is 85.3 Å². The number of piperazine rings is 1. The van der Waals surface area contributed by atoms with Crippen LogP contribution in [0.3, 0.4) is 0 Å². The zero-order valence-corrected chi connectivity index (χ0v) is 30.9. The molecule has 12 heteroatoms. The third kappa shape index (κ3) is 6.95. The Morgan fingerprint density at radius 1 is 0.981 bits per heavy atom. The summed E-state index contributed by atoms with van der Waals surface area (Å²) in [4.78, 5) is 33.1. The lowest BCUT2D eigenvalue weighted by atomic mass is 9.82. The van der Waals surface area contributed by atoms with Crippen LogP contribution in [0.2, 0.25) is 5.02 Å². The average Bonchev–Trinajstić information content (AvgIpc) is 4.11. The fourth-order valence-electron chi connectivity index (χ4n) is 8.82. The molecule has 10 nitrogen and oxygen atoms in total. The van der Waals surface area contributed by atoms with Crippen molar-refractivity contribution in [1.29, 1.82) is 0 Å². The van der Waals surface area contributed by atoms with Gasteiger partial charge >= 0.3 is 0 Å². The molecule has 0 radical (unpaired) electrons. The second kappa shape index (κ2) is 12.9. The van der Waals surface area contributed by atoms with Crippen molar-refractivity contribution in [2.45, 2.75) is 94.4 Å². The molecule has 2 aromatic heterocycles. The lowest BCUT2D eigenvalue weighted by Crippen LogP contribution is -2.59. The molecule has 1 unspecified atom stereocenters. The number of aryl methyl sites for hydroxylation is 2. The molecule has 0 bridgehead atoms. The summed E-state index contributed by atoms with van der Waals surface area (Å²) < 4.78 is 22.4. The topological polar surface area (TPSA) is 113 Å². The molecule has 5 fully saturated rings. The van der Waals surface area contributed by atoms with E-state index >= 15 is 0 Å². The number of carbonyl (C=O) groups excluding carboxylic acids is 2. The summed E-state index contributed by atoms with van der Waals surface area (Å²) in [5.74, 6) is -0.694. The molecular weight excluding hydrogens is 693 g/mol. The van der Waals surface area contributed by atoms with Gasteiger partial charge in [-0.25, -0.2) is 9.37 Å². The third-order valence-electron chi connectivity index (χ3n) is 12.3. The SMILES string of the molecule is Cc1cc(C(=O)NC2CCC3(CC2)CC3NC(=O)c2cc(F)cnc2Oc2cccc(-c3cccc(CN4CC5(CC5)NC5(CC5)C4)c3Cl)c2)nn1C. The van der Waals surface area contributed by atoms with Crippen molar-refractivity contribution in [1.82, 2.24) is 35.6 Å². The molecule has 4 aliphatic carbocycles. The number of benzene rings is 2. The summed E-state index contributed by atoms with van der Waals surface area (Å²) in [6.45, 7) is 4.82. The maximum atomic E-state index is 14.5. The molecular formula is C41H45ClFN7O3. The van der Waals surface area contributed by atoms with Crippen LogP contribution >= 0.6 is 11.6 Å². The predicted molar refractivity (Wildman–Crippen MR) is 199 cm³/mol. The Bertz CT molecular complexity index is 2060. The number of rotatable bonds is 9. The van der Waals surface area contributed by atoms with Gasteiger partial charge in [-0.1, -0.05) is 41.9 Å². The molecule has 2 amide bonds. The van der Waals surface area contributed by atoms with Crippen LogP contribution in [0.4, 0.5) is 4.39 Å². The number of carbonyl (C=O) groups is 2. The van der Waals surface area contributed by atoms with Crippen molar-refractivity contribution in [3.8, 4) is 22.8 Å². The van der Waals surface area contributed by atoms with Gasteiger partial charge in [0.1, 0.15) is 22.8 Å². The van der Waals surface area contributed by atoms with E-state index in [4.69, 9.17) is 16.3 Å². The van der Waals surface area contributed by atoms with E-state index in [0.29, 0.717) is 11.4 Å². The van der Waals surface area contributed by atoms with E-state index in [1.807, 2.05) is 44.3 Å².